The molecule has 0 unspecified atom stereocenters. The van der Waals surface area contributed by atoms with Crippen molar-refractivity contribution in [1.82, 2.24) is 29.7 Å². The minimum absolute atomic E-state index is 0.189. The molecule has 320 valence electrons. The third kappa shape index (κ3) is 15.9. The van der Waals surface area contributed by atoms with Crippen molar-refractivity contribution in [3.8, 4) is 11.5 Å². The van der Waals surface area contributed by atoms with E-state index in [1.54, 1.807) is 6.20 Å². The number of nitrogens with two attached hydrogens (primary N) is 1. The monoisotopic (exact) mass is 870 g/mol. The van der Waals surface area contributed by atoms with Crippen LogP contribution in [0.2, 0.25) is 15.3 Å². The van der Waals surface area contributed by atoms with Crippen LogP contribution in [0.1, 0.15) is 51.4 Å². The third-order valence-corrected chi connectivity index (χ3v) is 11.0. The molecule has 0 spiro atoms. The minimum Gasteiger partial charge on any atom is -0.492 e. The van der Waals surface area contributed by atoms with E-state index in [0.717, 1.165) is 81.5 Å². The number of hydrogen-bond donors (Lipinski definition) is 4. The first-order valence-electron chi connectivity index (χ1n) is 20.7. The standard InChI is InChI=1S/C21H28ClN5O2.C12H18N2O.C9H11Cl2N3O/c22-19-15-24-21(26-20(19)23-14-18-4-3-12-28-18)25-16-5-7-17(8-6-16)29-13-11-27-9-1-2-10-27;13-11-3-5-12(6-4-11)15-10-9-14-7-1-2-8-14;10-7-5-13-9(11)14-8(7)12-4-6-2-1-3-15-6/h5-8,15,18H,1-4,9-14H2,(H2,23,24,25,26);3-6H,1-2,7-10,13H2;5-6H,1-4H2,(H,12,13,14)/t18-;;6-/m0.1/s1. The SMILES string of the molecule is Clc1cnc(Nc2ccc(OCCN3CCCC3)cc2)nc1NC[C@@H]1CCCO1.Clc1ncc(Cl)c(NC[C@H]2CCCO2)n1.Nc1ccc(OCCN2CCCC2)cc1. The average Bonchev–Trinajstić information content (AvgIpc) is 4.11. The first-order valence-corrected chi connectivity index (χ1v) is 21.8. The Morgan fingerprint density at radius 3 is 1.64 bits per heavy atom. The Morgan fingerprint density at radius 1 is 0.644 bits per heavy atom. The van der Waals surface area contributed by atoms with Gasteiger partial charge in [-0.05, 0) is 138 Å². The third-order valence-electron chi connectivity index (χ3n) is 10.2. The lowest BCUT2D eigenvalue weighted by molar-refractivity contribution is 0.120. The fraction of sp³-hybridized carbons (Fsp3) is 0.524. The van der Waals surface area contributed by atoms with Crippen LogP contribution in [0.3, 0.4) is 0 Å². The van der Waals surface area contributed by atoms with Crippen molar-refractivity contribution >= 4 is 63.8 Å². The molecule has 0 amide bonds. The number of halogens is 3. The topological polar surface area (TPSA) is 157 Å². The van der Waals surface area contributed by atoms with Gasteiger partial charge in [-0.1, -0.05) is 23.2 Å². The Labute approximate surface area is 362 Å². The zero-order chi connectivity index (χ0) is 41.1. The van der Waals surface area contributed by atoms with E-state index in [4.69, 9.17) is 59.5 Å². The second-order valence-electron chi connectivity index (χ2n) is 14.8. The average molecular weight is 872 g/mol. The Balaban J connectivity index is 0.000000164. The number of anilines is 5. The number of aromatic nitrogens is 4. The number of benzene rings is 2. The maximum absolute atomic E-state index is 6.22. The van der Waals surface area contributed by atoms with Gasteiger partial charge in [0.15, 0.2) is 5.82 Å². The van der Waals surface area contributed by atoms with Crippen molar-refractivity contribution in [2.75, 3.05) is 100 Å². The second kappa shape index (κ2) is 24.4. The van der Waals surface area contributed by atoms with Crippen LogP contribution in [0.5, 0.6) is 11.5 Å². The summed E-state index contributed by atoms with van der Waals surface area (Å²) < 4.78 is 22.6. The first kappa shape index (κ1) is 44.7. The summed E-state index contributed by atoms with van der Waals surface area (Å²) in [5.41, 5.74) is 7.26. The van der Waals surface area contributed by atoms with Gasteiger partial charge in [-0.25, -0.2) is 9.97 Å². The Bertz CT molecular complexity index is 1810. The van der Waals surface area contributed by atoms with E-state index < -0.39 is 0 Å². The van der Waals surface area contributed by atoms with Gasteiger partial charge in [0.1, 0.15) is 40.6 Å². The molecule has 0 radical (unpaired) electrons. The number of ether oxygens (including phenoxy) is 4. The van der Waals surface area contributed by atoms with Crippen LogP contribution in [-0.2, 0) is 9.47 Å². The van der Waals surface area contributed by atoms with Crippen LogP contribution in [0.25, 0.3) is 0 Å². The van der Waals surface area contributed by atoms with Gasteiger partial charge in [-0.2, -0.15) is 9.97 Å². The molecule has 2 aromatic carbocycles. The van der Waals surface area contributed by atoms with Crippen molar-refractivity contribution in [3.05, 3.63) is 76.3 Å². The van der Waals surface area contributed by atoms with E-state index in [-0.39, 0.29) is 17.5 Å². The molecule has 17 heteroatoms. The van der Waals surface area contributed by atoms with E-state index in [1.165, 1.54) is 58.1 Å². The van der Waals surface area contributed by atoms with Gasteiger partial charge in [0.25, 0.3) is 0 Å². The Hall–Kier alpha value is -3.89. The van der Waals surface area contributed by atoms with E-state index in [0.29, 0.717) is 47.3 Å². The Morgan fingerprint density at radius 2 is 1.14 bits per heavy atom. The molecule has 0 bridgehead atoms. The van der Waals surface area contributed by atoms with E-state index in [2.05, 4.69) is 45.7 Å². The molecule has 4 aliphatic rings. The Kier molecular flexibility index (Phi) is 18.5. The zero-order valence-electron chi connectivity index (χ0n) is 33.6. The summed E-state index contributed by atoms with van der Waals surface area (Å²) in [5.74, 6) is 3.44. The highest BCUT2D eigenvalue weighted by molar-refractivity contribution is 6.33. The molecule has 0 saturated carbocycles. The van der Waals surface area contributed by atoms with Gasteiger partial charge in [0, 0.05) is 50.8 Å². The predicted octanol–water partition coefficient (Wildman–Crippen LogP) is 8.06. The molecule has 6 heterocycles. The molecule has 14 nitrogen and oxygen atoms in total. The van der Waals surface area contributed by atoms with Gasteiger partial charge >= 0.3 is 0 Å². The van der Waals surface area contributed by atoms with Gasteiger partial charge in [0.05, 0.1) is 24.6 Å². The fourth-order valence-corrected chi connectivity index (χ4v) is 7.43. The number of rotatable bonds is 16. The number of likely N-dealkylation sites (tertiary alicyclic amines) is 2. The van der Waals surface area contributed by atoms with Crippen LogP contribution in [0.4, 0.5) is 29.0 Å². The second-order valence-corrected chi connectivity index (χ2v) is 15.9. The molecule has 0 aliphatic carbocycles. The van der Waals surface area contributed by atoms with Gasteiger partial charge < -0.3 is 40.6 Å². The smallest absolute Gasteiger partial charge is 0.229 e. The number of nitrogens with one attached hydrogen (secondary N) is 3. The van der Waals surface area contributed by atoms with Gasteiger partial charge in [-0.3, -0.25) is 9.80 Å². The first-order chi connectivity index (χ1) is 28.9. The lowest BCUT2D eigenvalue weighted by Gasteiger charge is -2.15. The van der Waals surface area contributed by atoms with Crippen molar-refractivity contribution in [2.45, 2.75) is 63.6 Å². The summed E-state index contributed by atoms with van der Waals surface area (Å²) in [6.07, 6.45) is 13.2. The normalized spacial score (nSPS) is 19.0. The number of nitrogen functional groups attached to an aromatic ring is 1. The largest absolute Gasteiger partial charge is 0.492 e. The molecule has 2 aromatic heterocycles. The maximum atomic E-state index is 6.22. The van der Waals surface area contributed by atoms with Crippen LogP contribution < -0.4 is 31.2 Å². The molecule has 59 heavy (non-hydrogen) atoms. The summed E-state index contributed by atoms with van der Waals surface area (Å²) >= 11 is 17.8. The summed E-state index contributed by atoms with van der Waals surface area (Å²) in [6.45, 7) is 11.4. The highest BCUT2D eigenvalue weighted by Gasteiger charge is 2.18. The lowest BCUT2D eigenvalue weighted by atomic mass is 10.2. The van der Waals surface area contributed by atoms with Crippen LogP contribution in [0.15, 0.2) is 60.9 Å². The molecular weight excluding hydrogens is 815 g/mol. The van der Waals surface area contributed by atoms with Crippen molar-refractivity contribution in [3.63, 3.8) is 0 Å². The molecule has 4 saturated heterocycles. The van der Waals surface area contributed by atoms with E-state index >= 15 is 0 Å². The van der Waals surface area contributed by atoms with E-state index in [9.17, 15) is 0 Å². The fourth-order valence-electron chi connectivity index (χ4n) is 6.98. The molecule has 8 rings (SSSR count). The zero-order valence-corrected chi connectivity index (χ0v) is 35.9. The lowest BCUT2D eigenvalue weighted by Crippen LogP contribution is -2.25. The molecule has 4 aliphatic heterocycles. The summed E-state index contributed by atoms with van der Waals surface area (Å²) in [7, 11) is 0. The van der Waals surface area contributed by atoms with Gasteiger partial charge in [0.2, 0.25) is 11.2 Å². The highest BCUT2D eigenvalue weighted by Crippen LogP contribution is 2.24. The maximum Gasteiger partial charge on any atom is 0.229 e. The molecule has 4 aromatic rings. The molecule has 4 fully saturated rings. The number of nitrogens with zero attached hydrogens (tertiary/aromatic N) is 6. The highest BCUT2D eigenvalue weighted by atomic mass is 35.5. The number of hydrogen-bond acceptors (Lipinski definition) is 14. The summed E-state index contributed by atoms with van der Waals surface area (Å²) in [5, 5.41) is 10.7. The van der Waals surface area contributed by atoms with Crippen molar-refractivity contribution in [2.24, 2.45) is 0 Å². The summed E-state index contributed by atoms with van der Waals surface area (Å²) in [4.78, 5) is 21.4. The van der Waals surface area contributed by atoms with Gasteiger partial charge in [-0.15, -0.1) is 0 Å². The minimum atomic E-state index is 0.189. The van der Waals surface area contributed by atoms with E-state index in [1.807, 2.05) is 48.5 Å². The summed E-state index contributed by atoms with van der Waals surface area (Å²) in [6, 6.07) is 15.4. The molecule has 5 N–H and O–H groups in total. The van der Waals surface area contributed by atoms with Crippen LogP contribution in [0, 0.1) is 0 Å². The predicted molar refractivity (Wildman–Crippen MR) is 237 cm³/mol. The van der Waals surface area contributed by atoms with Crippen molar-refractivity contribution < 1.29 is 18.9 Å². The molecule has 2 atom stereocenters. The van der Waals surface area contributed by atoms with Crippen LogP contribution in [-0.4, -0.2) is 121 Å². The van der Waals surface area contributed by atoms with Crippen LogP contribution >= 0.6 is 34.8 Å². The van der Waals surface area contributed by atoms with Crippen molar-refractivity contribution in [1.29, 1.82) is 0 Å². The quantitative estimate of drug-likeness (QED) is 0.0633. The molecular formula is C42H57Cl3N10O4.